The molecule has 0 aromatic carbocycles. The average molecular weight is 254 g/mol. The van der Waals surface area contributed by atoms with E-state index in [2.05, 4.69) is 11.4 Å². The predicted octanol–water partition coefficient (Wildman–Crippen LogP) is 2.72. The number of nitrogens with one attached hydrogen (secondary N) is 1. The summed E-state index contributed by atoms with van der Waals surface area (Å²) >= 11 is 1.97. The summed E-state index contributed by atoms with van der Waals surface area (Å²) in [6.07, 6.45) is 4.20. The third kappa shape index (κ3) is 4.23. The number of carbonyl (C=O) groups is 1. The minimum absolute atomic E-state index is 0.0483. The van der Waals surface area contributed by atoms with Gasteiger partial charge in [-0.25, -0.2) is 0 Å². The first-order valence-electron chi connectivity index (χ1n) is 6.45. The van der Waals surface area contributed by atoms with Gasteiger partial charge >= 0.3 is 0 Å². The quantitative estimate of drug-likeness (QED) is 0.820. The zero-order valence-electron chi connectivity index (χ0n) is 10.8. The van der Waals surface area contributed by atoms with Gasteiger partial charge < -0.3 is 5.32 Å². The highest BCUT2D eigenvalue weighted by atomic mass is 32.2. The van der Waals surface area contributed by atoms with Crippen molar-refractivity contribution in [2.24, 2.45) is 5.92 Å². The molecule has 1 amide bonds. The second-order valence-electron chi connectivity index (χ2n) is 4.71. The van der Waals surface area contributed by atoms with E-state index in [0.29, 0.717) is 25.2 Å². The molecule has 96 valence electrons. The van der Waals surface area contributed by atoms with Crippen molar-refractivity contribution < 1.29 is 4.79 Å². The number of hydrogen-bond acceptors (Lipinski definition) is 3. The van der Waals surface area contributed by atoms with Crippen LogP contribution in [0.4, 0.5) is 0 Å². The van der Waals surface area contributed by atoms with Gasteiger partial charge in [-0.05, 0) is 43.1 Å². The lowest BCUT2D eigenvalue weighted by atomic mass is 9.93. The van der Waals surface area contributed by atoms with Crippen molar-refractivity contribution in [1.82, 2.24) is 5.32 Å². The number of nitrogens with zero attached hydrogens (tertiary/aromatic N) is 1. The molecular weight excluding hydrogens is 232 g/mol. The third-order valence-corrected chi connectivity index (χ3v) is 4.66. The molecule has 1 heterocycles. The highest BCUT2D eigenvalue weighted by Gasteiger charge is 2.28. The first kappa shape index (κ1) is 14.4. The maximum atomic E-state index is 11.9. The Hall–Kier alpha value is -0.690. The van der Waals surface area contributed by atoms with E-state index in [4.69, 9.17) is 5.26 Å². The van der Waals surface area contributed by atoms with Gasteiger partial charge in [-0.1, -0.05) is 13.8 Å². The van der Waals surface area contributed by atoms with E-state index in [1.165, 1.54) is 11.5 Å². The summed E-state index contributed by atoms with van der Waals surface area (Å²) in [5, 5.41) is 12.1. The van der Waals surface area contributed by atoms with E-state index in [-0.39, 0.29) is 5.91 Å². The van der Waals surface area contributed by atoms with Crippen molar-refractivity contribution >= 4 is 17.7 Å². The fourth-order valence-corrected chi connectivity index (χ4v) is 3.35. The number of hydrogen-bond donors (Lipinski definition) is 1. The maximum absolute atomic E-state index is 11.9. The number of thioether (sulfide) groups is 1. The monoisotopic (exact) mass is 254 g/mol. The van der Waals surface area contributed by atoms with Crippen molar-refractivity contribution in [3.05, 3.63) is 0 Å². The van der Waals surface area contributed by atoms with E-state index in [9.17, 15) is 4.79 Å². The van der Waals surface area contributed by atoms with Crippen LogP contribution in [0.2, 0.25) is 0 Å². The molecule has 1 aliphatic rings. The third-order valence-electron chi connectivity index (χ3n) is 3.61. The van der Waals surface area contributed by atoms with Crippen LogP contribution in [-0.2, 0) is 4.79 Å². The first-order chi connectivity index (χ1) is 8.15. The lowest BCUT2D eigenvalue weighted by molar-refractivity contribution is -0.123. The van der Waals surface area contributed by atoms with Crippen LogP contribution in [0, 0.1) is 17.2 Å². The summed E-state index contributed by atoms with van der Waals surface area (Å²) in [6, 6.07) is 2.25. The molecular formula is C13H22N2OS. The van der Waals surface area contributed by atoms with Crippen LogP contribution in [0.25, 0.3) is 0 Å². The van der Waals surface area contributed by atoms with Gasteiger partial charge in [0.15, 0.2) is 0 Å². The topological polar surface area (TPSA) is 52.9 Å². The van der Waals surface area contributed by atoms with Crippen LogP contribution in [0.15, 0.2) is 0 Å². The van der Waals surface area contributed by atoms with Gasteiger partial charge in [0.25, 0.3) is 0 Å². The van der Waals surface area contributed by atoms with Crippen LogP contribution in [0.3, 0.4) is 0 Å². The molecule has 0 radical (unpaired) electrons. The molecule has 1 saturated heterocycles. The van der Waals surface area contributed by atoms with E-state index < -0.39 is 5.54 Å². The molecule has 17 heavy (non-hydrogen) atoms. The van der Waals surface area contributed by atoms with Gasteiger partial charge in [-0.3, -0.25) is 4.79 Å². The predicted molar refractivity (Wildman–Crippen MR) is 71.7 cm³/mol. The van der Waals surface area contributed by atoms with Crippen molar-refractivity contribution in [3.8, 4) is 6.07 Å². The Kier molecular flexibility index (Phi) is 5.84. The lowest BCUT2D eigenvalue weighted by Gasteiger charge is -2.27. The molecule has 0 bridgehead atoms. The fraction of sp³-hybridized carbons (Fsp3) is 0.846. The van der Waals surface area contributed by atoms with Gasteiger partial charge in [-0.2, -0.15) is 17.0 Å². The smallest absolute Gasteiger partial charge is 0.221 e. The molecule has 1 fully saturated rings. The molecule has 4 heteroatoms. The zero-order chi connectivity index (χ0) is 12.7. The van der Waals surface area contributed by atoms with Crippen molar-refractivity contribution in [2.45, 2.75) is 51.5 Å². The Labute approximate surface area is 108 Å². The molecule has 0 aromatic heterocycles. The second kappa shape index (κ2) is 6.90. The highest BCUT2D eigenvalue weighted by Crippen LogP contribution is 2.25. The summed E-state index contributed by atoms with van der Waals surface area (Å²) < 4.78 is 0. The molecule has 3 nitrogen and oxygen atoms in total. The fourth-order valence-electron chi connectivity index (χ4n) is 2.14. The molecule has 1 rings (SSSR count). The molecule has 0 unspecified atom stereocenters. The Bertz CT molecular complexity index is 288. The second-order valence-corrected chi connectivity index (χ2v) is 5.93. The standard InChI is InChI=1S/C13H22N2OS/c1-3-13(4-2,10-14)15-12(16)9-11-5-7-17-8-6-11/h11H,3-9H2,1-2H3,(H,15,16). The van der Waals surface area contributed by atoms with Crippen LogP contribution < -0.4 is 5.32 Å². The Morgan fingerprint density at radius 3 is 2.47 bits per heavy atom. The van der Waals surface area contributed by atoms with Crippen molar-refractivity contribution in [1.29, 1.82) is 5.26 Å². The molecule has 1 aliphatic heterocycles. The van der Waals surface area contributed by atoms with E-state index in [1.807, 2.05) is 25.6 Å². The van der Waals surface area contributed by atoms with E-state index >= 15 is 0 Å². The SMILES string of the molecule is CCC(C#N)(CC)NC(=O)CC1CCSCC1. The minimum atomic E-state index is -0.652. The first-order valence-corrected chi connectivity index (χ1v) is 7.61. The van der Waals surface area contributed by atoms with Gasteiger partial charge in [0.1, 0.15) is 5.54 Å². The number of carbonyl (C=O) groups excluding carboxylic acids is 1. The van der Waals surface area contributed by atoms with Crippen molar-refractivity contribution in [3.63, 3.8) is 0 Å². The van der Waals surface area contributed by atoms with E-state index in [1.54, 1.807) is 0 Å². The van der Waals surface area contributed by atoms with Gasteiger partial charge in [0.2, 0.25) is 5.91 Å². The van der Waals surface area contributed by atoms with E-state index in [0.717, 1.165) is 12.8 Å². The van der Waals surface area contributed by atoms with Crippen LogP contribution in [0.5, 0.6) is 0 Å². The number of nitriles is 1. The van der Waals surface area contributed by atoms with Gasteiger partial charge in [0, 0.05) is 6.42 Å². The largest absolute Gasteiger partial charge is 0.338 e. The Balaban J connectivity index is 2.45. The summed E-state index contributed by atoms with van der Waals surface area (Å²) in [7, 11) is 0. The number of amides is 1. The molecule has 0 aromatic rings. The molecule has 0 saturated carbocycles. The van der Waals surface area contributed by atoms with Crippen LogP contribution in [0.1, 0.15) is 46.0 Å². The minimum Gasteiger partial charge on any atom is -0.338 e. The van der Waals surface area contributed by atoms with Gasteiger partial charge in [0.05, 0.1) is 6.07 Å². The Morgan fingerprint density at radius 1 is 1.41 bits per heavy atom. The van der Waals surface area contributed by atoms with Gasteiger partial charge in [-0.15, -0.1) is 0 Å². The summed E-state index contributed by atoms with van der Waals surface area (Å²) in [4.78, 5) is 11.9. The Morgan fingerprint density at radius 2 is 2.00 bits per heavy atom. The number of rotatable bonds is 5. The molecule has 0 atom stereocenters. The average Bonchev–Trinajstić information content (AvgIpc) is 2.37. The zero-order valence-corrected chi connectivity index (χ0v) is 11.6. The molecule has 0 aliphatic carbocycles. The normalized spacial score (nSPS) is 17.5. The highest BCUT2D eigenvalue weighted by molar-refractivity contribution is 7.99. The van der Waals surface area contributed by atoms with Crippen molar-refractivity contribution in [2.75, 3.05) is 11.5 Å². The summed E-state index contributed by atoms with van der Waals surface area (Å²) in [6.45, 7) is 3.90. The van der Waals surface area contributed by atoms with Crippen LogP contribution in [-0.4, -0.2) is 23.0 Å². The maximum Gasteiger partial charge on any atom is 0.221 e. The van der Waals surface area contributed by atoms with Crippen LogP contribution >= 0.6 is 11.8 Å². The molecule has 0 spiro atoms. The summed E-state index contributed by atoms with van der Waals surface area (Å²) in [5.74, 6) is 2.90. The molecule has 1 N–H and O–H groups in total. The lowest BCUT2D eigenvalue weighted by Crippen LogP contribution is -2.47. The summed E-state index contributed by atoms with van der Waals surface area (Å²) in [5.41, 5.74) is -0.652.